The number of hydrogen-bond donors (Lipinski definition) is 1. The molecule has 1 aliphatic heterocycles. The van der Waals surface area contributed by atoms with Crippen molar-refractivity contribution in [3.8, 4) is 0 Å². The van der Waals surface area contributed by atoms with Gasteiger partial charge >= 0.3 is 0 Å². The standard InChI is InChI=1S/C17H23N3O2/c1-2-12-5-8-18-15(11-12)16(21)19-14-6-9-20(10-7-14)17(22)13-3-4-13/h5,8,11,13-14H,2-4,6-7,9-10H2,1H3,(H,19,21). The van der Waals surface area contributed by atoms with Crippen molar-refractivity contribution in [1.82, 2.24) is 15.2 Å². The molecular weight excluding hydrogens is 278 g/mol. The van der Waals surface area contributed by atoms with Gasteiger partial charge in [-0.15, -0.1) is 0 Å². The van der Waals surface area contributed by atoms with Crippen LogP contribution in [0.3, 0.4) is 0 Å². The molecule has 2 aliphatic rings. The van der Waals surface area contributed by atoms with Crippen molar-refractivity contribution in [2.75, 3.05) is 13.1 Å². The van der Waals surface area contributed by atoms with Crippen LogP contribution < -0.4 is 5.32 Å². The highest BCUT2D eigenvalue weighted by Crippen LogP contribution is 2.31. The van der Waals surface area contributed by atoms with E-state index in [-0.39, 0.29) is 17.9 Å². The first-order chi connectivity index (χ1) is 10.7. The number of rotatable bonds is 4. The zero-order chi connectivity index (χ0) is 15.5. The lowest BCUT2D eigenvalue weighted by Crippen LogP contribution is -2.47. The number of carbonyl (C=O) groups excluding carboxylic acids is 2. The molecule has 0 spiro atoms. The van der Waals surface area contributed by atoms with E-state index in [2.05, 4.69) is 17.2 Å². The zero-order valence-electron chi connectivity index (χ0n) is 13.0. The first-order valence-electron chi connectivity index (χ1n) is 8.22. The van der Waals surface area contributed by atoms with Gasteiger partial charge in [0.15, 0.2) is 0 Å². The molecule has 3 rings (SSSR count). The van der Waals surface area contributed by atoms with Gasteiger partial charge in [0.2, 0.25) is 5.91 Å². The molecular formula is C17H23N3O2. The number of pyridine rings is 1. The fourth-order valence-electron chi connectivity index (χ4n) is 2.91. The minimum Gasteiger partial charge on any atom is -0.348 e. The van der Waals surface area contributed by atoms with Crippen LogP contribution in [0.25, 0.3) is 0 Å². The maximum atomic E-state index is 12.3. The van der Waals surface area contributed by atoms with Crippen molar-refractivity contribution in [2.45, 2.75) is 45.1 Å². The highest BCUT2D eigenvalue weighted by molar-refractivity contribution is 5.92. The highest BCUT2D eigenvalue weighted by Gasteiger charge is 2.35. The van der Waals surface area contributed by atoms with Crippen LogP contribution >= 0.6 is 0 Å². The van der Waals surface area contributed by atoms with Gasteiger partial charge in [-0.2, -0.15) is 0 Å². The maximum absolute atomic E-state index is 12.3. The number of amides is 2. The molecule has 1 N–H and O–H groups in total. The third-order valence-electron chi connectivity index (χ3n) is 4.53. The summed E-state index contributed by atoms with van der Waals surface area (Å²) in [5, 5.41) is 3.05. The first kappa shape index (κ1) is 15.0. The molecule has 0 bridgehead atoms. The average molecular weight is 301 g/mol. The number of likely N-dealkylation sites (tertiary alicyclic amines) is 1. The minimum absolute atomic E-state index is 0.109. The molecule has 1 saturated carbocycles. The van der Waals surface area contributed by atoms with E-state index in [4.69, 9.17) is 0 Å². The Morgan fingerprint density at radius 1 is 1.27 bits per heavy atom. The number of nitrogens with one attached hydrogen (secondary N) is 1. The van der Waals surface area contributed by atoms with Crippen LogP contribution in [0.1, 0.15) is 48.7 Å². The second kappa shape index (κ2) is 6.46. The fourth-order valence-corrected chi connectivity index (χ4v) is 2.91. The Bertz CT molecular complexity index is 561. The normalized spacial score (nSPS) is 19.0. The lowest BCUT2D eigenvalue weighted by Gasteiger charge is -2.32. The smallest absolute Gasteiger partial charge is 0.270 e. The molecule has 0 aromatic carbocycles. The molecule has 1 aromatic rings. The Kier molecular flexibility index (Phi) is 4.41. The fraction of sp³-hybridized carbons (Fsp3) is 0.588. The highest BCUT2D eigenvalue weighted by atomic mass is 16.2. The number of carbonyl (C=O) groups is 2. The van der Waals surface area contributed by atoms with Crippen LogP contribution in [-0.4, -0.2) is 40.8 Å². The summed E-state index contributed by atoms with van der Waals surface area (Å²) in [6, 6.07) is 3.92. The molecule has 2 fully saturated rings. The van der Waals surface area contributed by atoms with Crippen molar-refractivity contribution in [1.29, 1.82) is 0 Å². The molecule has 2 heterocycles. The van der Waals surface area contributed by atoms with E-state index in [0.29, 0.717) is 11.6 Å². The Morgan fingerprint density at radius 3 is 2.64 bits per heavy atom. The Labute approximate surface area is 131 Å². The number of aryl methyl sites for hydroxylation is 1. The van der Waals surface area contributed by atoms with Crippen LogP contribution in [0, 0.1) is 5.92 Å². The largest absolute Gasteiger partial charge is 0.348 e. The second-order valence-electron chi connectivity index (χ2n) is 6.25. The van der Waals surface area contributed by atoms with Gasteiger partial charge in [-0.1, -0.05) is 6.92 Å². The quantitative estimate of drug-likeness (QED) is 0.922. The molecule has 118 valence electrons. The number of nitrogens with zero attached hydrogens (tertiary/aromatic N) is 2. The average Bonchev–Trinajstić information content (AvgIpc) is 3.40. The van der Waals surface area contributed by atoms with Gasteiger partial charge in [0, 0.05) is 31.2 Å². The summed E-state index contributed by atoms with van der Waals surface area (Å²) < 4.78 is 0. The molecule has 22 heavy (non-hydrogen) atoms. The van der Waals surface area contributed by atoms with E-state index < -0.39 is 0 Å². The zero-order valence-corrected chi connectivity index (χ0v) is 13.0. The van der Waals surface area contributed by atoms with Crippen LogP contribution in [0.5, 0.6) is 0 Å². The van der Waals surface area contributed by atoms with E-state index in [0.717, 1.165) is 50.8 Å². The summed E-state index contributed by atoms with van der Waals surface area (Å²) in [4.78, 5) is 30.4. The van der Waals surface area contributed by atoms with E-state index >= 15 is 0 Å². The van der Waals surface area contributed by atoms with Crippen LogP contribution in [0.4, 0.5) is 0 Å². The third kappa shape index (κ3) is 3.46. The van der Waals surface area contributed by atoms with Crippen molar-refractivity contribution >= 4 is 11.8 Å². The van der Waals surface area contributed by atoms with Gasteiger partial charge in [-0.25, -0.2) is 0 Å². The van der Waals surface area contributed by atoms with E-state index in [1.807, 2.05) is 17.0 Å². The number of piperidine rings is 1. The van der Waals surface area contributed by atoms with Crippen molar-refractivity contribution in [3.63, 3.8) is 0 Å². The Balaban J connectivity index is 1.51. The minimum atomic E-state index is -0.109. The van der Waals surface area contributed by atoms with Crippen LogP contribution in [0.15, 0.2) is 18.3 Å². The van der Waals surface area contributed by atoms with Gasteiger partial charge in [0.1, 0.15) is 5.69 Å². The third-order valence-corrected chi connectivity index (χ3v) is 4.53. The predicted molar refractivity (Wildman–Crippen MR) is 83.4 cm³/mol. The lowest BCUT2D eigenvalue weighted by atomic mass is 10.0. The summed E-state index contributed by atoms with van der Waals surface area (Å²) >= 11 is 0. The molecule has 5 heteroatoms. The van der Waals surface area contributed by atoms with Crippen LogP contribution in [-0.2, 0) is 11.2 Å². The molecule has 0 unspecified atom stereocenters. The summed E-state index contributed by atoms with van der Waals surface area (Å²) in [6.45, 7) is 3.56. The summed E-state index contributed by atoms with van der Waals surface area (Å²) in [5.74, 6) is 0.483. The maximum Gasteiger partial charge on any atom is 0.270 e. The number of hydrogen-bond acceptors (Lipinski definition) is 3. The van der Waals surface area contributed by atoms with Gasteiger partial charge in [-0.3, -0.25) is 14.6 Å². The second-order valence-corrected chi connectivity index (χ2v) is 6.25. The Hall–Kier alpha value is -1.91. The molecule has 1 saturated heterocycles. The van der Waals surface area contributed by atoms with Gasteiger partial charge in [0.05, 0.1) is 0 Å². The monoisotopic (exact) mass is 301 g/mol. The topological polar surface area (TPSA) is 62.3 Å². The van der Waals surface area contributed by atoms with Gasteiger partial charge < -0.3 is 10.2 Å². The predicted octanol–water partition coefficient (Wildman–Crippen LogP) is 1.77. The summed E-state index contributed by atoms with van der Waals surface area (Å²) in [5.41, 5.74) is 1.60. The molecule has 1 aliphatic carbocycles. The molecule has 0 radical (unpaired) electrons. The molecule has 1 aromatic heterocycles. The van der Waals surface area contributed by atoms with E-state index in [1.54, 1.807) is 6.20 Å². The van der Waals surface area contributed by atoms with Crippen LogP contribution in [0.2, 0.25) is 0 Å². The molecule has 0 atom stereocenters. The van der Waals surface area contributed by atoms with Crippen molar-refractivity contribution in [3.05, 3.63) is 29.6 Å². The van der Waals surface area contributed by atoms with E-state index in [9.17, 15) is 9.59 Å². The summed E-state index contributed by atoms with van der Waals surface area (Å²) in [6.07, 6.45) is 6.34. The number of aromatic nitrogens is 1. The molecule has 2 amide bonds. The lowest BCUT2D eigenvalue weighted by molar-refractivity contribution is -0.133. The van der Waals surface area contributed by atoms with Crippen molar-refractivity contribution in [2.24, 2.45) is 5.92 Å². The van der Waals surface area contributed by atoms with Crippen molar-refractivity contribution < 1.29 is 9.59 Å². The van der Waals surface area contributed by atoms with Gasteiger partial charge in [0.25, 0.3) is 5.91 Å². The summed E-state index contributed by atoms with van der Waals surface area (Å²) in [7, 11) is 0. The SMILES string of the molecule is CCc1ccnc(C(=O)NC2CCN(C(=O)C3CC3)CC2)c1. The van der Waals surface area contributed by atoms with E-state index in [1.165, 1.54) is 0 Å². The molecule has 5 nitrogen and oxygen atoms in total. The van der Waals surface area contributed by atoms with Gasteiger partial charge in [-0.05, 0) is 49.8 Å². The Morgan fingerprint density at radius 2 is 2.00 bits per heavy atom. The first-order valence-corrected chi connectivity index (χ1v) is 8.22.